The molecule has 190 valence electrons. The fraction of sp³-hybridized carbons (Fsp3) is 0.321. The van der Waals surface area contributed by atoms with E-state index < -0.39 is 12.1 Å². The summed E-state index contributed by atoms with van der Waals surface area (Å²) in [5, 5.41) is 1.07. The molecule has 4 aromatic rings. The van der Waals surface area contributed by atoms with Gasteiger partial charge in [0.2, 0.25) is 11.8 Å². The number of carbonyl (C=O) groups excluding carboxylic acids is 2. The lowest BCUT2D eigenvalue weighted by Gasteiger charge is -2.47. The van der Waals surface area contributed by atoms with Crippen LogP contribution in [-0.2, 0) is 22.6 Å². The second-order valence-corrected chi connectivity index (χ2v) is 9.48. The van der Waals surface area contributed by atoms with E-state index in [0.717, 1.165) is 40.7 Å². The fourth-order valence-electron chi connectivity index (χ4n) is 5.83. The van der Waals surface area contributed by atoms with Crippen LogP contribution in [0.5, 0.6) is 11.5 Å². The minimum atomic E-state index is -0.595. The summed E-state index contributed by atoms with van der Waals surface area (Å²) in [7, 11) is 3.19. The summed E-state index contributed by atoms with van der Waals surface area (Å²) in [6, 6.07) is 12.6. The van der Waals surface area contributed by atoms with Crippen LogP contribution in [0.1, 0.15) is 29.3 Å². The molecule has 0 aliphatic carbocycles. The van der Waals surface area contributed by atoms with Crippen LogP contribution < -0.4 is 9.47 Å². The molecule has 37 heavy (non-hydrogen) atoms. The lowest BCUT2D eigenvalue weighted by molar-refractivity contribution is -0.158. The minimum absolute atomic E-state index is 0.0203. The summed E-state index contributed by atoms with van der Waals surface area (Å²) in [6.07, 6.45) is 6.60. The first-order chi connectivity index (χ1) is 18.1. The van der Waals surface area contributed by atoms with Crippen molar-refractivity contribution in [2.75, 3.05) is 27.3 Å². The van der Waals surface area contributed by atoms with E-state index in [2.05, 4.69) is 16.0 Å². The van der Waals surface area contributed by atoms with Crippen molar-refractivity contribution in [2.24, 2.45) is 0 Å². The van der Waals surface area contributed by atoms with E-state index >= 15 is 0 Å². The number of methoxy groups -OCH3 is 2. The second-order valence-electron chi connectivity index (χ2n) is 9.48. The number of amides is 2. The maximum absolute atomic E-state index is 13.9. The Hall–Kier alpha value is -4.27. The van der Waals surface area contributed by atoms with Crippen LogP contribution in [-0.4, -0.2) is 69.5 Å². The fourth-order valence-corrected chi connectivity index (χ4v) is 5.83. The number of ether oxygens (including phenoxy) is 2. The average Bonchev–Trinajstić information content (AvgIpc) is 3.57. The number of aromatic amines is 1. The monoisotopic (exact) mass is 499 g/mol. The number of aryl methyl sites for hydroxylation is 1. The molecule has 9 nitrogen and oxygen atoms in total. The Morgan fingerprint density at radius 1 is 1.05 bits per heavy atom. The number of imidazole rings is 1. The van der Waals surface area contributed by atoms with Gasteiger partial charge in [-0.25, -0.2) is 4.98 Å². The van der Waals surface area contributed by atoms with Gasteiger partial charge >= 0.3 is 0 Å². The zero-order valence-electron chi connectivity index (χ0n) is 20.9. The summed E-state index contributed by atoms with van der Waals surface area (Å²) in [5.41, 5.74) is 3.75. The van der Waals surface area contributed by atoms with Crippen molar-refractivity contribution < 1.29 is 19.1 Å². The second kappa shape index (κ2) is 9.31. The van der Waals surface area contributed by atoms with Gasteiger partial charge in [-0.3, -0.25) is 9.59 Å². The minimum Gasteiger partial charge on any atom is -0.493 e. The number of nitrogens with one attached hydrogen (secondary N) is 1. The molecule has 6 rings (SSSR count). The molecule has 0 bridgehead atoms. The van der Waals surface area contributed by atoms with E-state index in [9.17, 15) is 9.59 Å². The Balaban J connectivity index is 1.42. The Labute approximate surface area is 214 Å². The smallest absolute Gasteiger partial charge is 0.246 e. The van der Waals surface area contributed by atoms with Crippen LogP contribution in [0.4, 0.5) is 0 Å². The maximum Gasteiger partial charge on any atom is 0.246 e. The van der Waals surface area contributed by atoms with Crippen LogP contribution in [0.25, 0.3) is 10.9 Å². The third kappa shape index (κ3) is 3.82. The van der Waals surface area contributed by atoms with Gasteiger partial charge in [0.05, 0.1) is 27.1 Å². The predicted molar refractivity (Wildman–Crippen MR) is 137 cm³/mol. The summed E-state index contributed by atoms with van der Waals surface area (Å²) in [5.74, 6) is 1.04. The average molecular weight is 500 g/mol. The lowest BCUT2D eigenvalue weighted by Crippen LogP contribution is -2.63. The highest BCUT2D eigenvalue weighted by Crippen LogP contribution is 2.46. The summed E-state index contributed by atoms with van der Waals surface area (Å²) in [4.78, 5) is 38.7. The molecule has 0 radical (unpaired) electrons. The number of carbonyl (C=O) groups is 2. The van der Waals surface area contributed by atoms with E-state index in [4.69, 9.17) is 9.47 Å². The van der Waals surface area contributed by atoms with Gasteiger partial charge in [0.15, 0.2) is 11.5 Å². The molecule has 1 fully saturated rings. The lowest BCUT2D eigenvalue weighted by atomic mass is 9.85. The van der Waals surface area contributed by atoms with Gasteiger partial charge in [0, 0.05) is 54.1 Å². The highest BCUT2D eigenvalue weighted by molar-refractivity contribution is 5.97. The van der Waals surface area contributed by atoms with Crippen LogP contribution >= 0.6 is 0 Å². The van der Waals surface area contributed by atoms with E-state index in [1.807, 2.05) is 47.2 Å². The SMILES string of the molecule is COc1cccc([C@@H]2c3[nH]c4ccccc4c3C[C@H]3C(=O)N(CCCn4ccnc4)CC(=O)N23)c1OC. The normalized spacial score (nSPS) is 19.2. The predicted octanol–water partition coefficient (Wildman–Crippen LogP) is 3.16. The van der Waals surface area contributed by atoms with Crippen LogP contribution in [0.2, 0.25) is 0 Å². The van der Waals surface area contributed by atoms with Crippen molar-refractivity contribution in [2.45, 2.75) is 31.5 Å². The largest absolute Gasteiger partial charge is 0.493 e. The van der Waals surface area contributed by atoms with E-state index in [1.54, 1.807) is 36.5 Å². The van der Waals surface area contributed by atoms with Gasteiger partial charge in [-0.05, 0) is 24.1 Å². The van der Waals surface area contributed by atoms with Gasteiger partial charge in [0.25, 0.3) is 0 Å². The third-order valence-electron chi connectivity index (χ3n) is 7.47. The first kappa shape index (κ1) is 23.1. The van der Waals surface area contributed by atoms with Gasteiger partial charge < -0.3 is 28.8 Å². The van der Waals surface area contributed by atoms with E-state index in [-0.39, 0.29) is 18.4 Å². The molecule has 9 heteroatoms. The Bertz CT molecular complexity index is 1460. The number of nitrogens with zero attached hydrogens (tertiary/aromatic N) is 4. The standard InChI is InChI=1S/C28H29N5O4/c1-36-23-10-5-8-19(27(23)37-2)26-25-20(18-7-3-4-9-21(18)30-25)15-22-28(35)32(16-24(34)33(22)26)13-6-12-31-14-11-29-17-31/h3-5,7-11,14,17,22,26,30H,6,12-13,15-16H2,1-2H3/t22-,26+/m0/s1. The number of hydrogen-bond donors (Lipinski definition) is 1. The molecule has 2 atom stereocenters. The van der Waals surface area contributed by atoms with Crippen molar-refractivity contribution in [3.63, 3.8) is 0 Å². The molecular weight excluding hydrogens is 470 g/mol. The Morgan fingerprint density at radius 2 is 1.92 bits per heavy atom. The molecule has 2 aromatic heterocycles. The van der Waals surface area contributed by atoms with Crippen molar-refractivity contribution in [3.8, 4) is 11.5 Å². The number of benzene rings is 2. The molecule has 2 aliphatic heterocycles. The number of hydrogen-bond acceptors (Lipinski definition) is 5. The molecule has 0 unspecified atom stereocenters. The van der Waals surface area contributed by atoms with E-state index in [1.165, 1.54) is 0 Å². The topological polar surface area (TPSA) is 92.7 Å². The molecule has 0 spiro atoms. The number of piperazine rings is 1. The van der Waals surface area contributed by atoms with Crippen molar-refractivity contribution in [1.82, 2.24) is 24.3 Å². The number of para-hydroxylation sites is 2. The van der Waals surface area contributed by atoms with Gasteiger partial charge in [0.1, 0.15) is 12.1 Å². The number of H-pyrrole nitrogens is 1. The molecule has 0 saturated carbocycles. The first-order valence-electron chi connectivity index (χ1n) is 12.5. The van der Waals surface area contributed by atoms with E-state index in [0.29, 0.717) is 24.5 Å². The van der Waals surface area contributed by atoms with Crippen LogP contribution in [0.15, 0.2) is 61.2 Å². The number of rotatable bonds is 7. The molecule has 4 heterocycles. The quantitative estimate of drug-likeness (QED) is 0.422. The molecular formula is C28H29N5O4. The molecule has 2 amide bonds. The Morgan fingerprint density at radius 3 is 2.70 bits per heavy atom. The first-order valence-corrected chi connectivity index (χ1v) is 12.5. The molecule has 1 saturated heterocycles. The zero-order chi connectivity index (χ0) is 25.5. The highest BCUT2D eigenvalue weighted by atomic mass is 16.5. The molecule has 2 aliphatic rings. The van der Waals surface area contributed by atoms with Gasteiger partial charge in [-0.1, -0.05) is 30.3 Å². The van der Waals surface area contributed by atoms with Crippen molar-refractivity contribution >= 4 is 22.7 Å². The van der Waals surface area contributed by atoms with Crippen LogP contribution in [0.3, 0.4) is 0 Å². The summed E-state index contributed by atoms with van der Waals surface area (Å²) < 4.78 is 13.3. The zero-order valence-corrected chi connectivity index (χ0v) is 20.9. The summed E-state index contributed by atoms with van der Waals surface area (Å²) >= 11 is 0. The number of aromatic nitrogens is 3. The van der Waals surface area contributed by atoms with Gasteiger partial charge in [-0.2, -0.15) is 0 Å². The Kier molecular flexibility index (Phi) is 5.82. The highest BCUT2D eigenvalue weighted by Gasteiger charge is 2.48. The number of fused-ring (bicyclic) bond motifs is 4. The summed E-state index contributed by atoms with van der Waals surface area (Å²) in [6.45, 7) is 1.31. The van der Waals surface area contributed by atoms with Gasteiger partial charge in [-0.15, -0.1) is 0 Å². The van der Waals surface area contributed by atoms with Crippen LogP contribution in [0, 0.1) is 0 Å². The molecule has 2 aromatic carbocycles. The third-order valence-corrected chi connectivity index (χ3v) is 7.47. The molecule has 1 N–H and O–H groups in total. The van der Waals surface area contributed by atoms with Crippen molar-refractivity contribution in [1.29, 1.82) is 0 Å². The maximum atomic E-state index is 13.9. The van der Waals surface area contributed by atoms with Crippen molar-refractivity contribution in [3.05, 3.63) is 78.0 Å².